The summed E-state index contributed by atoms with van der Waals surface area (Å²) in [5, 5.41) is 13.2. The quantitative estimate of drug-likeness (QED) is 0.825. The molecule has 0 aliphatic heterocycles. The molecule has 0 amide bonds. The number of carbonyl (C=O) groups is 2. The molecule has 0 spiro atoms. The predicted molar refractivity (Wildman–Crippen MR) is 81.0 cm³/mol. The molecule has 0 radical (unpaired) electrons. The molecule has 0 aliphatic rings. The summed E-state index contributed by atoms with van der Waals surface area (Å²) in [6.07, 6.45) is 0. The summed E-state index contributed by atoms with van der Waals surface area (Å²) in [5.74, 6) is -1.50. The van der Waals surface area contributed by atoms with Crippen LogP contribution in [-0.4, -0.2) is 26.6 Å². The highest BCUT2D eigenvalue weighted by Crippen LogP contribution is 2.25. The van der Waals surface area contributed by atoms with Gasteiger partial charge in [0.25, 0.3) is 5.56 Å². The van der Waals surface area contributed by atoms with Crippen LogP contribution in [0.4, 0.5) is 5.69 Å². The Labute approximate surface area is 126 Å². The Balaban J connectivity index is 2.81. The molecule has 1 heterocycles. The summed E-state index contributed by atoms with van der Waals surface area (Å²) < 4.78 is 1.14. The van der Waals surface area contributed by atoms with E-state index in [0.717, 1.165) is 4.68 Å². The van der Waals surface area contributed by atoms with E-state index in [4.69, 9.17) is 10.8 Å². The number of carboxylic acids is 1. The number of rotatable bonds is 4. The molecule has 0 aliphatic carbocycles. The van der Waals surface area contributed by atoms with Gasteiger partial charge in [0.1, 0.15) is 11.4 Å². The van der Waals surface area contributed by atoms with Crippen molar-refractivity contribution in [1.82, 2.24) is 9.78 Å². The van der Waals surface area contributed by atoms with E-state index in [0.29, 0.717) is 5.56 Å². The molecule has 1 aromatic carbocycles. The average molecular weight is 301 g/mol. The van der Waals surface area contributed by atoms with E-state index < -0.39 is 17.3 Å². The smallest absolute Gasteiger partial charge is 0.335 e. The largest absolute Gasteiger partial charge is 0.478 e. The Kier molecular flexibility index (Phi) is 4.07. The van der Waals surface area contributed by atoms with Crippen LogP contribution in [0.3, 0.4) is 0 Å². The maximum Gasteiger partial charge on any atom is 0.335 e. The minimum atomic E-state index is -1.09. The number of aromatic carboxylic acids is 1. The highest BCUT2D eigenvalue weighted by Gasteiger charge is 2.20. The first-order chi connectivity index (χ1) is 10.4. The zero-order chi connectivity index (χ0) is 16.4. The summed E-state index contributed by atoms with van der Waals surface area (Å²) in [4.78, 5) is 34.9. The molecule has 0 fully saturated rings. The van der Waals surface area contributed by atoms with Gasteiger partial charge in [-0.25, -0.2) is 9.48 Å². The van der Waals surface area contributed by atoms with Crippen molar-refractivity contribution >= 4 is 17.4 Å². The van der Waals surface area contributed by atoms with Crippen molar-refractivity contribution in [3.8, 4) is 11.3 Å². The van der Waals surface area contributed by atoms with Gasteiger partial charge >= 0.3 is 5.97 Å². The molecule has 2 aromatic rings. The number of nitrogens with two attached hydrogens (primary N) is 1. The van der Waals surface area contributed by atoms with E-state index in [2.05, 4.69) is 5.10 Å². The molecular weight excluding hydrogens is 286 g/mol. The summed E-state index contributed by atoms with van der Waals surface area (Å²) in [6.45, 7) is 3.29. The van der Waals surface area contributed by atoms with Crippen molar-refractivity contribution in [3.63, 3.8) is 0 Å². The number of ketones is 1. The number of aryl methyl sites for hydroxylation is 1. The molecular formula is C15H15N3O4. The third kappa shape index (κ3) is 2.60. The molecule has 114 valence electrons. The number of carboxylic acid groups (broad SMARTS) is 1. The van der Waals surface area contributed by atoms with Crippen molar-refractivity contribution in [1.29, 1.82) is 0 Å². The lowest BCUT2D eigenvalue weighted by Crippen LogP contribution is -2.28. The molecule has 1 aromatic heterocycles. The maximum atomic E-state index is 12.0. The number of benzene rings is 1. The van der Waals surface area contributed by atoms with Gasteiger partial charge in [0.15, 0.2) is 5.78 Å². The minimum absolute atomic E-state index is 0.0113. The molecule has 2 rings (SSSR count). The van der Waals surface area contributed by atoms with Crippen molar-refractivity contribution in [2.45, 2.75) is 20.4 Å². The molecule has 0 bridgehead atoms. The summed E-state index contributed by atoms with van der Waals surface area (Å²) in [6, 6.07) is 5.98. The van der Waals surface area contributed by atoms with Gasteiger partial charge < -0.3 is 10.8 Å². The molecule has 22 heavy (non-hydrogen) atoms. The van der Waals surface area contributed by atoms with Crippen molar-refractivity contribution in [3.05, 3.63) is 45.7 Å². The van der Waals surface area contributed by atoms with E-state index in [9.17, 15) is 14.4 Å². The molecule has 0 saturated carbocycles. The van der Waals surface area contributed by atoms with Gasteiger partial charge in [-0.2, -0.15) is 5.10 Å². The number of Topliss-reactive ketones (excluding diaryl/α,β-unsaturated/α-hetero) is 1. The first-order valence-electron chi connectivity index (χ1n) is 6.62. The Hall–Kier alpha value is -2.96. The SMILES string of the molecule is CCn1nc(-c2cccc(C(=O)O)c2)c(C(C)=O)c(N)c1=O. The zero-order valence-electron chi connectivity index (χ0n) is 12.2. The summed E-state index contributed by atoms with van der Waals surface area (Å²) in [5.41, 5.74) is 5.76. The summed E-state index contributed by atoms with van der Waals surface area (Å²) in [7, 11) is 0. The van der Waals surface area contributed by atoms with Gasteiger partial charge in [-0.05, 0) is 26.0 Å². The number of nitrogen functional groups attached to an aromatic ring is 1. The van der Waals surface area contributed by atoms with Crippen LogP contribution in [0.2, 0.25) is 0 Å². The lowest BCUT2D eigenvalue weighted by Gasteiger charge is -2.12. The Bertz CT molecular complexity index is 824. The van der Waals surface area contributed by atoms with Gasteiger partial charge in [0.2, 0.25) is 0 Å². The number of carbonyl (C=O) groups excluding carboxylic acids is 1. The predicted octanol–water partition coefficient (Wildman–Crippen LogP) is 1.41. The number of aromatic nitrogens is 2. The average Bonchev–Trinajstić information content (AvgIpc) is 2.49. The topological polar surface area (TPSA) is 115 Å². The normalized spacial score (nSPS) is 10.5. The molecule has 7 heteroatoms. The van der Waals surface area contributed by atoms with E-state index in [1.807, 2.05) is 0 Å². The van der Waals surface area contributed by atoms with Crippen LogP contribution in [0.1, 0.15) is 34.6 Å². The first kappa shape index (κ1) is 15.4. The van der Waals surface area contributed by atoms with Gasteiger partial charge in [-0.15, -0.1) is 0 Å². The van der Waals surface area contributed by atoms with E-state index in [1.165, 1.54) is 19.1 Å². The Morgan fingerprint density at radius 2 is 2.05 bits per heavy atom. The maximum absolute atomic E-state index is 12.0. The highest BCUT2D eigenvalue weighted by atomic mass is 16.4. The van der Waals surface area contributed by atoms with Crippen LogP contribution >= 0.6 is 0 Å². The van der Waals surface area contributed by atoms with Gasteiger partial charge in [0.05, 0.1) is 11.1 Å². The number of anilines is 1. The van der Waals surface area contributed by atoms with Crippen LogP contribution in [0, 0.1) is 0 Å². The third-order valence-electron chi connectivity index (χ3n) is 3.23. The second-order valence-electron chi connectivity index (χ2n) is 4.70. The monoisotopic (exact) mass is 301 g/mol. The van der Waals surface area contributed by atoms with E-state index in [-0.39, 0.29) is 29.1 Å². The van der Waals surface area contributed by atoms with E-state index >= 15 is 0 Å². The zero-order valence-corrected chi connectivity index (χ0v) is 12.2. The third-order valence-corrected chi connectivity index (χ3v) is 3.23. The van der Waals surface area contributed by atoms with Gasteiger partial charge in [0, 0.05) is 12.1 Å². The Morgan fingerprint density at radius 1 is 1.36 bits per heavy atom. The number of nitrogens with zero attached hydrogens (tertiary/aromatic N) is 2. The fourth-order valence-corrected chi connectivity index (χ4v) is 2.16. The number of hydrogen-bond acceptors (Lipinski definition) is 5. The van der Waals surface area contributed by atoms with Crippen LogP contribution < -0.4 is 11.3 Å². The van der Waals surface area contributed by atoms with Crippen molar-refractivity contribution < 1.29 is 14.7 Å². The molecule has 0 unspecified atom stereocenters. The van der Waals surface area contributed by atoms with Crippen LogP contribution in [0.25, 0.3) is 11.3 Å². The number of hydrogen-bond donors (Lipinski definition) is 2. The molecule has 3 N–H and O–H groups in total. The molecule has 7 nitrogen and oxygen atoms in total. The lowest BCUT2D eigenvalue weighted by molar-refractivity contribution is 0.0696. The highest BCUT2D eigenvalue weighted by molar-refractivity contribution is 6.04. The lowest BCUT2D eigenvalue weighted by atomic mass is 10.0. The van der Waals surface area contributed by atoms with Crippen molar-refractivity contribution in [2.24, 2.45) is 0 Å². The van der Waals surface area contributed by atoms with Gasteiger partial charge in [-0.3, -0.25) is 9.59 Å². The fraction of sp³-hybridized carbons (Fsp3) is 0.200. The van der Waals surface area contributed by atoms with Gasteiger partial charge in [-0.1, -0.05) is 12.1 Å². The Morgan fingerprint density at radius 3 is 2.59 bits per heavy atom. The second-order valence-corrected chi connectivity index (χ2v) is 4.70. The van der Waals surface area contributed by atoms with Crippen LogP contribution in [-0.2, 0) is 6.54 Å². The van der Waals surface area contributed by atoms with Crippen molar-refractivity contribution in [2.75, 3.05) is 5.73 Å². The first-order valence-corrected chi connectivity index (χ1v) is 6.62. The standard InChI is InChI=1S/C15H15N3O4/c1-3-18-14(20)12(16)11(8(2)19)13(17-18)9-5-4-6-10(7-9)15(21)22/h4-7H,3,16H2,1-2H3,(H,21,22). The molecule has 0 saturated heterocycles. The van der Waals surface area contributed by atoms with Crippen LogP contribution in [0.15, 0.2) is 29.1 Å². The minimum Gasteiger partial charge on any atom is -0.478 e. The summed E-state index contributed by atoms with van der Waals surface area (Å²) >= 11 is 0. The fourth-order valence-electron chi connectivity index (χ4n) is 2.16. The second kappa shape index (κ2) is 5.80. The van der Waals surface area contributed by atoms with E-state index in [1.54, 1.807) is 19.1 Å². The van der Waals surface area contributed by atoms with Crippen LogP contribution in [0.5, 0.6) is 0 Å². The molecule has 0 atom stereocenters.